The molecule has 0 unspecified atom stereocenters. The number of halogens is 2. The maximum absolute atomic E-state index is 13.6. The molecule has 0 heterocycles. The highest BCUT2D eigenvalue weighted by Gasteiger charge is 2.21. The molecule has 6 nitrogen and oxygen atoms in total. The molecule has 19 heavy (non-hydrogen) atoms. The van der Waals surface area contributed by atoms with Gasteiger partial charge in [-0.1, -0.05) is 0 Å². The predicted octanol–water partition coefficient (Wildman–Crippen LogP) is 0.585. The first-order valence-electron chi connectivity index (χ1n) is 5.28. The van der Waals surface area contributed by atoms with E-state index in [1.165, 1.54) is 0 Å². The third-order valence-electron chi connectivity index (χ3n) is 2.14. The monoisotopic (exact) mass is 353 g/mol. The van der Waals surface area contributed by atoms with Gasteiger partial charge in [-0.3, -0.25) is 4.79 Å². The van der Waals surface area contributed by atoms with Gasteiger partial charge >= 0.3 is 0 Å². The predicted molar refractivity (Wildman–Crippen MR) is 72.4 cm³/mol. The number of carbonyl (C=O) groups excluding carboxylic acids is 1. The molecule has 0 spiro atoms. The summed E-state index contributed by atoms with van der Waals surface area (Å²) in [5, 5.41) is 2.41. The molecule has 0 aliphatic heterocycles. The lowest BCUT2D eigenvalue weighted by atomic mass is 10.3. The minimum atomic E-state index is -4.13. The smallest absolute Gasteiger partial charge is 0.244 e. The van der Waals surface area contributed by atoms with Gasteiger partial charge in [0.2, 0.25) is 15.9 Å². The van der Waals surface area contributed by atoms with Crippen molar-refractivity contribution >= 4 is 37.5 Å². The molecule has 1 aromatic rings. The van der Waals surface area contributed by atoms with E-state index in [1.807, 2.05) is 4.72 Å². The topological polar surface area (TPSA) is 101 Å². The van der Waals surface area contributed by atoms with Crippen LogP contribution in [0.2, 0.25) is 0 Å². The molecule has 4 N–H and O–H groups in total. The van der Waals surface area contributed by atoms with Gasteiger partial charge in [0.05, 0.1) is 6.54 Å². The van der Waals surface area contributed by atoms with Crippen molar-refractivity contribution in [2.45, 2.75) is 11.8 Å². The molecule has 0 radical (unpaired) electrons. The molecule has 0 aromatic heterocycles. The molecule has 106 valence electrons. The first-order chi connectivity index (χ1) is 8.77. The van der Waals surface area contributed by atoms with Crippen LogP contribution >= 0.6 is 15.9 Å². The Bertz CT molecular complexity index is 592. The van der Waals surface area contributed by atoms with Gasteiger partial charge in [-0.2, -0.15) is 0 Å². The van der Waals surface area contributed by atoms with Crippen LogP contribution in [0, 0.1) is 5.82 Å². The van der Waals surface area contributed by atoms with E-state index in [9.17, 15) is 17.6 Å². The number of sulfonamides is 1. The summed E-state index contributed by atoms with van der Waals surface area (Å²) in [7, 11) is -4.13. The fourth-order valence-corrected chi connectivity index (χ4v) is 2.64. The largest absolute Gasteiger partial charge is 0.398 e. The number of benzene rings is 1. The summed E-state index contributed by atoms with van der Waals surface area (Å²) < 4.78 is 39.5. The van der Waals surface area contributed by atoms with Gasteiger partial charge in [-0.25, -0.2) is 17.5 Å². The maximum atomic E-state index is 13.6. The van der Waals surface area contributed by atoms with Gasteiger partial charge in [-0.05, 0) is 35.0 Å². The summed E-state index contributed by atoms with van der Waals surface area (Å²) >= 11 is 2.99. The van der Waals surface area contributed by atoms with Gasteiger partial charge in [0.25, 0.3) is 0 Å². The number of amides is 1. The van der Waals surface area contributed by atoms with Crippen molar-refractivity contribution in [3.63, 3.8) is 0 Å². The summed E-state index contributed by atoms with van der Waals surface area (Å²) in [6, 6.07) is 1.94. The Morgan fingerprint density at radius 1 is 1.47 bits per heavy atom. The van der Waals surface area contributed by atoms with E-state index < -0.39 is 33.2 Å². The number of nitrogens with two attached hydrogens (primary N) is 1. The Morgan fingerprint density at radius 3 is 2.68 bits per heavy atom. The fourth-order valence-electron chi connectivity index (χ4n) is 1.25. The third kappa shape index (κ3) is 4.15. The first-order valence-corrected chi connectivity index (χ1v) is 7.56. The average Bonchev–Trinajstić information content (AvgIpc) is 2.31. The molecular formula is C10H13BrFN3O3S. The van der Waals surface area contributed by atoms with Crippen LogP contribution in [0.15, 0.2) is 21.5 Å². The quantitative estimate of drug-likeness (QED) is 0.674. The minimum Gasteiger partial charge on any atom is -0.398 e. The summed E-state index contributed by atoms with van der Waals surface area (Å²) in [5.41, 5.74) is 5.59. The van der Waals surface area contributed by atoms with E-state index in [2.05, 4.69) is 21.2 Å². The van der Waals surface area contributed by atoms with Crippen LogP contribution in [0.5, 0.6) is 0 Å². The molecule has 9 heteroatoms. The van der Waals surface area contributed by atoms with E-state index in [1.54, 1.807) is 6.92 Å². The number of carbonyl (C=O) groups is 1. The van der Waals surface area contributed by atoms with Gasteiger partial charge in [0.15, 0.2) is 0 Å². The van der Waals surface area contributed by atoms with E-state index in [-0.39, 0.29) is 10.2 Å². The number of anilines is 1. The number of likely N-dealkylation sites (N-methyl/N-ethyl adjacent to an activating group) is 1. The Labute approximate surface area is 118 Å². The van der Waals surface area contributed by atoms with Crippen molar-refractivity contribution < 1.29 is 17.6 Å². The highest BCUT2D eigenvalue weighted by Crippen LogP contribution is 2.25. The average molecular weight is 354 g/mol. The van der Waals surface area contributed by atoms with Crippen LogP contribution in [-0.2, 0) is 14.8 Å². The second-order valence-corrected chi connectivity index (χ2v) is 6.17. The number of hydrogen-bond acceptors (Lipinski definition) is 4. The number of nitrogen functional groups attached to an aromatic ring is 1. The van der Waals surface area contributed by atoms with Crippen LogP contribution < -0.4 is 15.8 Å². The normalized spacial score (nSPS) is 11.3. The van der Waals surface area contributed by atoms with Crippen LogP contribution in [-0.4, -0.2) is 27.4 Å². The highest BCUT2D eigenvalue weighted by molar-refractivity contribution is 9.10. The zero-order valence-corrected chi connectivity index (χ0v) is 12.4. The van der Waals surface area contributed by atoms with Crippen LogP contribution in [0.4, 0.5) is 10.1 Å². The molecule has 0 saturated heterocycles. The van der Waals surface area contributed by atoms with E-state index in [4.69, 9.17) is 5.73 Å². The summed E-state index contributed by atoms with van der Waals surface area (Å²) in [4.78, 5) is 10.6. The van der Waals surface area contributed by atoms with Crippen molar-refractivity contribution in [2.75, 3.05) is 18.8 Å². The van der Waals surface area contributed by atoms with Crippen LogP contribution in [0.1, 0.15) is 6.92 Å². The summed E-state index contributed by atoms with van der Waals surface area (Å²) in [6.45, 7) is 1.60. The van der Waals surface area contributed by atoms with Crippen LogP contribution in [0.25, 0.3) is 0 Å². The van der Waals surface area contributed by atoms with Crippen molar-refractivity contribution in [3.05, 3.63) is 22.4 Å². The lowest BCUT2D eigenvalue weighted by molar-refractivity contribution is -0.119. The van der Waals surface area contributed by atoms with Crippen molar-refractivity contribution in [1.82, 2.24) is 10.0 Å². The molecule has 1 amide bonds. The van der Waals surface area contributed by atoms with Crippen molar-refractivity contribution in [1.29, 1.82) is 0 Å². The fraction of sp³-hybridized carbons (Fsp3) is 0.300. The standard InChI is InChI=1S/C10H13BrFN3O3S/c1-2-14-10(16)5-15-19(17,18)9-4-8(13)6(11)3-7(9)12/h3-4,15H,2,5,13H2,1H3,(H,14,16). The Hall–Kier alpha value is -1.19. The van der Waals surface area contributed by atoms with Gasteiger partial charge in [-0.15, -0.1) is 0 Å². The van der Waals surface area contributed by atoms with Gasteiger partial charge < -0.3 is 11.1 Å². The molecule has 0 bridgehead atoms. The lowest BCUT2D eigenvalue weighted by Gasteiger charge is -2.09. The second kappa shape index (κ2) is 6.31. The van der Waals surface area contributed by atoms with Gasteiger partial charge in [0.1, 0.15) is 10.7 Å². The van der Waals surface area contributed by atoms with Crippen molar-refractivity contribution in [2.24, 2.45) is 0 Å². The molecule has 0 saturated carbocycles. The Kier molecular flexibility index (Phi) is 5.27. The molecule has 0 aliphatic carbocycles. The zero-order chi connectivity index (χ0) is 14.6. The molecule has 0 fully saturated rings. The molecule has 0 atom stereocenters. The van der Waals surface area contributed by atoms with E-state index >= 15 is 0 Å². The molecule has 1 rings (SSSR count). The Balaban J connectivity index is 2.95. The van der Waals surface area contributed by atoms with Gasteiger partial charge in [0, 0.05) is 16.7 Å². The lowest BCUT2D eigenvalue weighted by Crippen LogP contribution is -2.37. The third-order valence-corrected chi connectivity index (χ3v) is 4.24. The summed E-state index contributed by atoms with van der Waals surface area (Å²) in [6.07, 6.45) is 0. The number of hydrogen-bond donors (Lipinski definition) is 3. The summed E-state index contributed by atoms with van der Waals surface area (Å²) in [5.74, 6) is -1.46. The SMILES string of the molecule is CCNC(=O)CNS(=O)(=O)c1cc(N)c(Br)cc1F. The highest BCUT2D eigenvalue weighted by atomic mass is 79.9. The number of rotatable bonds is 5. The molecule has 0 aliphatic rings. The zero-order valence-electron chi connectivity index (χ0n) is 10.0. The second-order valence-electron chi connectivity index (χ2n) is 3.58. The van der Waals surface area contributed by atoms with E-state index in [0.29, 0.717) is 6.54 Å². The van der Waals surface area contributed by atoms with Crippen molar-refractivity contribution in [3.8, 4) is 0 Å². The molecule has 1 aromatic carbocycles. The minimum absolute atomic E-state index is 0.0831. The Morgan fingerprint density at radius 2 is 2.11 bits per heavy atom. The maximum Gasteiger partial charge on any atom is 0.244 e. The number of nitrogens with one attached hydrogen (secondary N) is 2. The van der Waals surface area contributed by atoms with E-state index in [0.717, 1.165) is 12.1 Å². The first kappa shape index (κ1) is 15.9. The molecular weight excluding hydrogens is 341 g/mol. The van der Waals surface area contributed by atoms with Crippen LogP contribution in [0.3, 0.4) is 0 Å².